The van der Waals surface area contributed by atoms with E-state index in [0.717, 1.165) is 61.7 Å². The van der Waals surface area contributed by atoms with Crippen LogP contribution in [0.5, 0.6) is 0 Å². The number of benzene rings is 11. The lowest BCUT2D eigenvalue weighted by Crippen LogP contribution is -2.08. The van der Waals surface area contributed by atoms with Crippen molar-refractivity contribution in [3.05, 3.63) is 272 Å². The van der Waals surface area contributed by atoms with Gasteiger partial charge in [-0.3, -0.25) is 0 Å². The van der Waals surface area contributed by atoms with Crippen molar-refractivity contribution in [1.82, 2.24) is 28.2 Å². The molecule has 0 amide bonds. The van der Waals surface area contributed by atoms with Crippen LogP contribution in [0.3, 0.4) is 0 Å². The van der Waals surface area contributed by atoms with Gasteiger partial charge in [0.1, 0.15) is 0 Å². The van der Waals surface area contributed by atoms with Crippen LogP contribution in [-0.2, 0) is 6.54 Å². The highest BCUT2D eigenvalue weighted by molar-refractivity contribution is 6.14. The van der Waals surface area contributed by atoms with Crippen molar-refractivity contribution in [2.45, 2.75) is 6.54 Å². The maximum absolute atomic E-state index is 5.51. The van der Waals surface area contributed by atoms with E-state index in [-0.39, 0.29) is 0 Å². The summed E-state index contributed by atoms with van der Waals surface area (Å²) >= 11 is 0. The van der Waals surface area contributed by atoms with Gasteiger partial charge in [0.25, 0.3) is 0 Å². The zero-order valence-electron chi connectivity index (χ0n) is 41.8. The maximum atomic E-state index is 5.51. The second-order valence-corrected chi connectivity index (χ2v) is 20.1. The predicted molar refractivity (Wildman–Crippen MR) is 320 cm³/mol. The third kappa shape index (κ3) is 6.68. The normalized spacial score (nSPS) is 11.9. The van der Waals surface area contributed by atoms with Crippen LogP contribution in [-0.4, -0.2) is 28.2 Å². The Labute approximate surface area is 443 Å². The summed E-state index contributed by atoms with van der Waals surface area (Å²) in [6, 6.07) is 96.6. The molecule has 0 radical (unpaired) electrons. The van der Waals surface area contributed by atoms with Crippen LogP contribution in [0.1, 0.15) is 5.56 Å². The first-order valence-electron chi connectivity index (χ1n) is 26.4. The molecule has 0 N–H and O–H groups in total. The summed E-state index contributed by atoms with van der Waals surface area (Å²) in [6.45, 7) is 0.595. The number of rotatable bonds is 8. The van der Waals surface area contributed by atoms with Gasteiger partial charge in [-0.25, -0.2) is 9.97 Å². The number of para-hydroxylation sites is 7. The molecule has 6 heteroatoms. The van der Waals surface area contributed by atoms with E-state index in [1.165, 1.54) is 76.2 Å². The van der Waals surface area contributed by atoms with Crippen LogP contribution in [0.25, 0.3) is 138 Å². The van der Waals surface area contributed by atoms with Crippen molar-refractivity contribution in [3.8, 4) is 51.0 Å². The molecule has 5 aromatic heterocycles. The molecule has 0 spiro atoms. The van der Waals surface area contributed by atoms with Gasteiger partial charge in [0.15, 0.2) is 5.82 Å². The number of aromatic nitrogens is 6. The Bertz CT molecular complexity index is 4850. The molecule has 0 aliphatic rings. The molecule has 360 valence electrons. The molecule has 6 nitrogen and oxygen atoms in total. The minimum absolute atomic E-state index is 0.595. The Morgan fingerprint density at radius 3 is 1.21 bits per heavy atom. The van der Waals surface area contributed by atoms with Crippen molar-refractivity contribution in [2.24, 2.45) is 0 Å². The molecule has 16 aromatic rings. The van der Waals surface area contributed by atoms with Gasteiger partial charge in [0, 0.05) is 82.2 Å². The Hall–Kier alpha value is -10.3. The van der Waals surface area contributed by atoms with E-state index in [9.17, 15) is 0 Å². The molecular weight excluding hydrogens is 937 g/mol. The van der Waals surface area contributed by atoms with Crippen LogP contribution in [0, 0.1) is 0 Å². The third-order valence-corrected chi connectivity index (χ3v) is 15.9. The molecule has 0 saturated heterocycles. The average Bonchev–Trinajstić information content (AvgIpc) is 4.25. The zero-order valence-corrected chi connectivity index (χ0v) is 41.8. The van der Waals surface area contributed by atoms with E-state index in [4.69, 9.17) is 9.97 Å². The van der Waals surface area contributed by atoms with Crippen molar-refractivity contribution >= 4 is 87.2 Å². The zero-order chi connectivity index (χ0) is 50.6. The molecule has 0 aliphatic heterocycles. The lowest BCUT2D eigenvalue weighted by atomic mass is 10.0. The van der Waals surface area contributed by atoms with E-state index in [0.29, 0.717) is 12.4 Å². The highest BCUT2D eigenvalue weighted by Gasteiger charge is 2.24. The Morgan fingerprint density at radius 1 is 0.273 bits per heavy atom. The van der Waals surface area contributed by atoms with E-state index in [2.05, 4.69) is 279 Å². The van der Waals surface area contributed by atoms with Gasteiger partial charge in [-0.1, -0.05) is 188 Å². The van der Waals surface area contributed by atoms with E-state index < -0.39 is 0 Å². The summed E-state index contributed by atoms with van der Waals surface area (Å²) in [6.07, 6.45) is 0. The number of hydrogen-bond acceptors (Lipinski definition) is 2. The molecule has 11 aromatic carbocycles. The highest BCUT2D eigenvalue weighted by Crippen LogP contribution is 2.43. The van der Waals surface area contributed by atoms with Crippen LogP contribution in [0.15, 0.2) is 267 Å². The van der Waals surface area contributed by atoms with Gasteiger partial charge in [-0.15, -0.1) is 0 Å². The topological polar surface area (TPSA) is 45.5 Å². The van der Waals surface area contributed by atoms with Crippen LogP contribution >= 0.6 is 0 Å². The summed E-state index contributed by atoms with van der Waals surface area (Å²) in [5.74, 6) is 0.679. The molecule has 0 fully saturated rings. The fraction of sp³-hybridized carbons (Fsp3) is 0.0141. The minimum atomic E-state index is 0.595. The Balaban J connectivity index is 0.956. The average molecular weight is 983 g/mol. The lowest BCUT2D eigenvalue weighted by Gasteiger charge is -2.20. The van der Waals surface area contributed by atoms with Crippen LogP contribution < -0.4 is 0 Å². The van der Waals surface area contributed by atoms with Gasteiger partial charge in [0.05, 0.1) is 56.7 Å². The first-order valence-corrected chi connectivity index (χ1v) is 26.4. The molecule has 0 unspecified atom stereocenters. The molecular formula is C71H46N6. The third-order valence-electron chi connectivity index (χ3n) is 15.9. The van der Waals surface area contributed by atoms with Gasteiger partial charge in [-0.05, 0) is 84.4 Å². The van der Waals surface area contributed by atoms with Crippen LogP contribution in [0.4, 0.5) is 0 Å². The van der Waals surface area contributed by atoms with Crippen molar-refractivity contribution in [1.29, 1.82) is 0 Å². The number of hydrogen-bond donors (Lipinski definition) is 0. The molecule has 5 heterocycles. The van der Waals surface area contributed by atoms with E-state index in [1.807, 2.05) is 6.07 Å². The summed E-state index contributed by atoms with van der Waals surface area (Å²) in [4.78, 5) is 10.8. The predicted octanol–water partition coefficient (Wildman–Crippen LogP) is 17.9. The first-order chi connectivity index (χ1) is 38.2. The number of nitrogens with zero attached hydrogens (tertiary/aromatic N) is 6. The van der Waals surface area contributed by atoms with E-state index in [1.54, 1.807) is 0 Å². The van der Waals surface area contributed by atoms with Gasteiger partial charge in [0.2, 0.25) is 0 Å². The second-order valence-electron chi connectivity index (χ2n) is 20.1. The van der Waals surface area contributed by atoms with Gasteiger partial charge >= 0.3 is 0 Å². The largest absolute Gasteiger partial charge is 0.336 e. The fourth-order valence-corrected chi connectivity index (χ4v) is 12.5. The highest BCUT2D eigenvalue weighted by atomic mass is 15.0. The summed E-state index contributed by atoms with van der Waals surface area (Å²) in [5, 5.41) is 9.77. The molecule has 16 rings (SSSR count). The quantitative estimate of drug-likeness (QED) is 0.152. The lowest BCUT2D eigenvalue weighted by molar-refractivity contribution is 0.859. The molecule has 0 aliphatic carbocycles. The fourth-order valence-electron chi connectivity index (χ4n) is 12.5. The molecule has 0 bridgehead atoms. The van der Waals surface area contributed by atoms with Crippen molar-refractivity contribution < 1.29 is 0 Å². The SMILES string of the molecule is c1ccc(-c2cc(-c3cccc(Cn4c5ccccc5c5cc(-n6c7ccccc7c7ccccc76)ccc54)c3-n3c4ccccc4c4cc(-n5c6ccccc6c6ccccc65)ccc43)nc(-c3ccccc3)n2)cc1. The van der Waals surface area contributed by atoms with Gasteiger partial charge < -0.3 is 18.3 Å². The number of fused-ring (bicyclic) bond motifs is 12. The summed E-state index contributed by atoms with van der Waals surface area (Å²) in [5.41, 5.74) is 18.6. The summed E-state index contributed by atoms with van der Waals surface area (Å²) < 4.78 is 9.86. The Kier molecular flexibility index (Phi) is 9.60. The molecule has 77 heavy (non-hydrogen) atoms. The first kappa shape index (κ1) is 43.1. The minimum Gasteiger partial charge on any atom is -0.336 e. The van der Waals surface area contributed by atoms with Gasteiger partial charge in [-0.2, -0.15) is 0 Å². The van der Waals surface area contributed by atoms with Crippen LogP contribution in [0.2, 0.25) is 0 Å². The second kappa shape index (κ2) is 17.1. The van der Waals surface area contributed by atoms with Crippen molar-refractivity contribution in [3.63, 3.8) is 0 Å². The monoisotopic (exact) mass is 982 g/mol. The Morgan fingerprint density at radius 2 is 0.662 bits per heavy atom. The molecule has 0 saturated carbocycles. The summed E-state index contributed by atoms with van der Waals surface area (Å²) in [7, 11) is 0. The van der Waals surface area contributed by atoms with Crippen molar-refractivity contribution in [2.75, 3.05) is 0 Å². The van der Waals surface area contributed by atoms with E-state index >= 15 is 0 Å². The molecule has 0 atom stereocenters. The maximum Gasteiger partial charge on any atom is 0.160 e. The standard InChI is InChI=1S/C71H46N6/c1-3-20-46(21-4-1)60-44-61(73-71(72-60)47-22-5-2-6-23-47)57-31-19-24-48(45-74-62-32-13-7-29-55(62)58-42-49(38-40-63(58)74)75-64-33-14-8-25-51(64)52-26-9-15-34-65(52)75)70(57)77-68-37-18-12-30-56(68)59-43-50(39-41-69(59)77)76-66-35-16-10-27-53(66)54-28-11-17-36-67(54)76/h1-44H,45H2. The smallest absolute Gasteiger partial charge is 0.160 e.